The van der Waals surface area contributed by atoms with Gasteiger partial charge in [0.15, 0.2) is 23.3 Å². The fourth-order valence-electron chi connectivity index (χ4n) is 5.07. The average molecular weight is 499 g/mol. The van der Waals surface area contributed by atoms with Gasteiger partial charge in [-0.05, 0) is 73.1 Å². The molecule has 1 aliphatic rings. The van der Waals surface area contributed by atoms with Crippen LogP contribution < -0.4 is 0 Å². The van der Waals surface area contributed by atoms with Crippen molar-refractivity contribution in [1.29, 1.82) is 0 Å². The fraction of sp³-hybridized carbons (Fsp3) is 0.419. The summed E-state index contributed by atoms with van der Waals surface area (Å²) in [6, 6.07) is 14.1. The molecule has 0 radical (unpaired) electrons. The van der Waals surface area contributed by atoms with Crippen molar-refractivity contribution in [1.82, 2.24) is 0 Å². The summed E-state index contributed by atoms with van der Waals surface area (Å²) < 4.78 is 64.7. The van der Waals surface area contributed by atoms with E-state index >= 15 is 0 Å². The Balaban J connectivity index is 1.34. The van der Waals surface area contributed by atoms with Crippen molar-refractivity contribution in [2.45, 2.75) is 83.8 Å². The van der Waals surface area contributed by atoms with Crippen molar-refractivity contribution in [3.05, 3.63) is 94.1 Å². The second kappa shape index (κ2) is 12.1. The summed E-state index contributed by atoms with van der Waals surface area (Å²) in [4.78, 5) is 0. The molecule has 5 heteroatoms. The van der Waals surface area contributed by atoms with Gasteiger partial charge in [-0.2, -0.15) is 0 Å². The molecule has 1 aliphatic carbocycles. The van der Waals surface area contributed by atoms with Crippen LogP contribution in [0.15, 0.2) is 48.5 Å². The lowest BCUT2D eigenvalue weighted by Gasteiger charge is -2.29. The lowest BCUT2D eigenvalue weighted by atomic mass is 9.82. The van der Waals surface area contributed by atoms with Crippen molar-refractivity contribution in [2.75, 3.05) is 0 Å². The number of unbranched alkanes of at least 4 members (excludes halogenated alkanes) is 1. The molecule has 0 amide bonds. The SMILES string of the molecule is CCCCc1ccc(C2CCC(OCc3ccc(-c4ccc(CC)cc4)c(F)c3F)CC2)c(F)c1F. The average Bonchev–Trinajstić information content (AvgIpc) is 2.91. The zero-order valence-electron chi connectivity index (χ0n) is 21.1. The van der Waals surface area contributed by atoms with Crippen molar-refractivity contribution in [3.8, 4) is 11.1 Å². The van der Waals surface area contributed by atoms with Gasteiger partial charge in [0.05, 0.1) is 12.7 Å². The van der Waals surface area contributed by atoms with E-state index < -0.39 is 23.3 Å². The molecule has 192 valence electrons. The molecule has 0 N–H and O–H groups in total. The minimum Gasteiger partial charge on any atom is -0.373 e. The highest BCUT2D eigenvalue weighted by Gasteiger charge is 2.27. The summed E-state index contributed by atoms with van der Waals surface area (Å²) in [5.41, 5.74) is 3.05. The van der Waals surface area contributed by atoms with Crippen LogP contribution in [0.3, 0.4) is 0 Å². The van der Waals surface area contributed by atoms with Crippen molar-refractivity contribution >= 4 is 0 Å². The first-order chi connectivity index (χ1) is 17.4. The van der Waals surface area contributed by atoms with Gasteiger partial charge >= 0.3 is 0 Å². The zero-order valence-corrected chi connectivity index (χ0v) is 21.1. The summed E-state index contributed by atoms with van der Waals surface area (Å²) in [5, 5.41) is 0. The summed E-state index contributed by atoms with van der Waals surface area (Å²) in [6.07, 6.45) is 5.72. The van der Waals surface area contributed by atoms with Crippen LogP contribution in [0, 0.1) is 23.3 Å². The van der Waals surface area contributed by atoms with E-state index in [0.717, 1.165) is 24.8 Å². The Bertz CT molecular complexity index is 1160. The maximum atomic E-state index is 14.8. The molecule has 4 rings (SSSR count). The normalized spacial score (nSPS) is 17.9. The number of rotatable bonds is 9. The smallest absolute Gasteiger partial charge is 0.167 e. The minimum absolute atomic E-state index is 0.0255. The molecular formula is C31H34F4O. The summed E-state index contributed by atoms with van der Waals surface area (Å²) in [7, 11) is 0. The number of ether oxygens (including phenoxy) is 1. The Morgan fingerprint density at radius 3 is 2.06 bits per heavy atom. The molecule has 0 atom stereocenters. The van der Waals surface area contributed by atoms with Gasteiger partial charge < -0.3 is 4.74 Å². The number of hydrogen-bond donors (Lipinski definition) is 0. The highest BCUT2D eigenvalue weighted by molar-refractivity contribution is 5.65. The van der Waals surface area contributed by atoms with E-state index in [9.17, 15) is 17.6 Å². The molecule has 0 aromatic heterocycles. The van der Waals surface area contributed by atoms with E-state index in [1.165, 1.54) is 0 Å². The topological polar surface area (TPSA) is 9.23 Å². The van der Waals surface area contributed by atoms with Crippen molar-refractivity contribution in [2.24, 2.45) is 0 Å². The third kappa shape index (κ3) is 5.83. The summed E-state index contributed by atoms with van der Waals surface area (Å²) in [5.74, 6) is -3.27. The van der Waals surface area contributed by atoms with Gasteiger partial charge in [0.1, 0.15) is 0 Å². The van der Waals surface area contributed by atoms with Crippen LogP contribution in [0.1, 0.15) is 80.5 Å². The van der Waals surface area contributed by atoms with Crippen molar-refractivity contribution < 1.29 is 22.3 Å². The standard InChI is InChI=1S/C31H34F4O/c1-3-5-6-23-13-17-26(30(34)28(23)32)22-11-15-25(16-12-22)36-19-24-14-18-27(31(35)29(24)33)21-9-7-20(4-2)8-10-21/h7-10,13-14,17-18,22,25H,3-6,11-12,15-16,19H2,1-2H3. The Morgan fingerprint density at radius 1 is 0.722 bits per heavy atom. The van der Waals surface area contributed by atoms with Crippen LogP contribution >= 0.6 is 0 Å². The highest BCUT2D eigenvalue weighted by atomic mass is 19.2. The first-order valence-corrected chi connectivity index (χ1v) is 13.1. The van der Waals surface area contributed by atoms with Crippen LogP contribution in [0.4, 0.5) is 17.6 Å². The van der Waals surface area contributed by atoms with E-state index in [1.54, 1.807) is 36.4 Å². The third-order valence-electron chi connectivity index (χ3n) is 7.42. The van der Waals surface area contributed by atoms with Crippen LogP contribution in [0.25, 0.3) is 11.1 Å². The van der Waals surface area contributed by atoms with E-state index in [-0.39, 0.29) is 29.8 Å². The van der Waals surface area contributed by atoms with Gasteiger partial charge in [0, 0.05) is 11.1 Å². The monoisotopic (exact) mass is 498 g/mol. The summed E-state index contributed by atoms with van der Waals surface area (Å²) >= 11 is 0. The van der Waals surface area contributed by atoms with Crippen LogP contribution in [0.2, 0.25) is 0 Å². The number of aryl methyl sites for hydroxylation is 2. The predicted molar refractivity (Wildman–Crippen MR) is 136 cm³/mol. The van der Waals surface area contributed by atoms with Gasteiger partial charge in [-0.1, -0.05) is 68.8 Å². The lowest BCUT2D eigenvalue weighted by molar-refractivity contribution is 0.0116. The quantitative estimate of drug-likeness (QED) is 0.267. The summed E-state index contributed by atoms with van der Waals surface area (Å²) in [6.45, 7) is 4.04. The minimum atomic E-state index is -0.888. The second-order valence-electron chi connectivity index (χ2n) is 9.78. The molecule has 3 aromatic carbocycles. The molecule has 0 spiro atoms. The lowest BCUT2D eigenvalue weighted by Crippen LogP contribution is -2.22. The Hall–Kier alpha value is -2.66. The molecular weight excluding hydrogens is 464 g/mol. The van der Waals surface area contributed by atoms with Crippen molar-refractivity contribution in [3.63, 3.8) is 0 Å². The van der Waals surface area contributed by atoms with Gasteiger partial charge in [-0.15, -0.1) is 0 Å². The van der Waals surface area contributed by atoms with Crippen LogP contribution in [-0.4, -0.2) is 6.10 Å². The van der Waals surface area contributed by atoms with Crippen LogP contribution in [-0.2, 0) is 24.2 Å². The molecule has 1 saturated carbocycles. The molecule has 0 aliphatic heterocycles. The maximum Gasteiger partial charge on any atom is 0.167 e. The molecule has 36 heavy (non-hydrogen) atoms. The van der Waals surface area contributed by atoms with Gasteiger partial charge in [0.2, 0.25) is 0 Å². The molecule has 0 heterocycles. The molecule has 0 unspecified atom stereocenters. The van der Waals surface area contributed by atoms with Gasteiger partial charge in [-0.25, -0.2) is 17.6 Å². The van der Waals surface area contributed by atoms with E-state index in [4.69, 9.17) is 4.74 Å². The second-order valence-corrected chi connectivity index (χ2v) is 9.78. The maximum absolute atomic E-state index is 14.8. The highest BCUT2D eigenvalue weighted by Crippen LogP contribution is 2.37. The number of benzene rings is 3. The molecule has 1 nitrogen and oxygen atoms in total. The largest absolute Gasteiger partial charge is 0.373 e. The first kappa shape index (κ1) is 26.4. The van der Waals surface area contributed by atoms with E-state index in [0.29, 0.717) is 48.8 Å². The molecule has 3 aromatic rings. The van der Waals surface area contributed by atoms with E-state index in [2.05, 4.69) is 0 Å². The van der Waals surface area contributed by atoms with Gasteiger partial charge in [-0.3, -0.25) is 0 Å². The number of halogens is 4. The van der Waals surface area contributed by atoms with Crippen LogP contribution in [0.5, 0.6) is 0 Å². The first-order valence-electron chi connectivity index (χ1n) is 13.1. The molecule has 1 fully saturated rings. The Labute approximate surface area is 211 Å². The Kier molecular flexibility index (Phi) is 8.84. The van der Waals surface area contributed by atoms with Gasteiger partial charge in [0.25, 0.3) is 0 Å². The number of hydrogen-bond acceptors (Lipinski definition) is 1. The zero-order chi connectivity index (χ0) is 25.7. The predicted octanol–water partition coefficient (Wildman–Crippen LogP) is 9.06. The fourth-order valence-corrected chi connectivity index (χ4v) is 5.07. The Morgan fingerprint density at radius 2 is 1.39 bits per heavy atom. The van der Waals surface area contributed by atoms with E-state index in [1.807, 2.05) is 26.0 Å². The third-order valence-corrected chi connectivity index (χ3v) is 7.42. The molecule has 0 saturated heterocycles. The molecule has 0 bridgehead atoms.